The second-order valence-corrected chi connectivity index (χ2v) is 6.50. The number of rotatable bonds is 0. The summed E-state index contributed by atoms with van der Waals surface area (Å²) in [5.74, 6) is 0. The van der Waals surface area contributed by atoms with Crippen LogP contribution in [0.25, 0.3) is 20.9 Å². The number of hydrogen-bond donors (Lipinski definition) is 0. The van der Waals surface area contributed by atoms with E-state index < -0.39 is 0 Å². The molecule has 1 heterocycles. The summed E-state index contributed by atoms with van der Waals surface area (Å²) in [6.45, 7) is 0. The average molecular weight is 273 g/mol. The van der Waals surface area contributed by atoms with Crippen molar-refractivity contribution in [1.82, 2.24) is 0 Å². The van der Waals surface area contributed by atoms with E-state index in [1.165, 1.54) is 46.5 Å². The number of thiophene rings is 1. The third-order valence-corrected chi connectivity index (χ3v) is 5.55. The molecule has 4 rings (SSSR count). The Morgan fingerprint density at radius 1 is 1.00 bits per heavy atom. The van der Waals surface area contributed by atoms with Crippen molar-refractivity contribution < 1.29 is 0 Å². The van der Waals surface area contributed by atoms with Crippen molar-refractivity contribution in [2.24, 2.45) is 0 Å². The van der Waals surface area contributed by atoms with Gasteiger partial charge in [-0.3, -0.25) is 0 Å². The monoisotopic (exact) mass is 272 g/mol. The van der Waals surface area contributed by atoms with Crippen LogP contribution >= 0.6 is 22.9 Å². The second kappa shape index (κ2) is 3.97. The van der Waals surface area contributed by atoms with Gasteiger partial charge in [-0.15, -0.1) is 11.3 Å². The molecule has 1 aromatic heterocycles. The highest BCUT2D eigenvalue weighted by Crippen LogP contribution is 2.41. The Kier molecular flexibility index (Phi) is 2.39. The highest BCUT2D eigenvalue weighted by Gasteiger charge is 2.17. The van der Waals surface area contributed by atoms with E-state index >= 15 is 0 Å². The summed E-state index contributed by atoms with van der Waals surface area (Å²) >= 11 is 8.37. The fourth-order valence-corrected chi connectivity index (χ4v) is 4.84. The highest BCUT2D eigenvalue weighted by atomic mass is 35.5. The number of fused-ring (bicyclic) bond motifs is 5. The van der Waals surface area contributed by atoms with E-state index in [1.807, 2.05) is 23.5 Å². The maximum Gasteiger partial charge on any atom is 0.0498 e. The lowest BCUT2D eigenvalue weighted by atomic mass is 9.95. The normalized spacial score (nSPS) is 15.2. The van der Waals surface area contributed by atoms with Gasteiger partial charge in [0.1, 0.15) is 0 Å². The van der Waals surface area contributed by atoms with E-state index in [2.05, 4.69) is 18.2 Å². The molecule has 1 aliphatic carbocycles. The van der Waals surface area contributed by atoms with Crippen LogP contribution in [0.15, 0.2) is 30.3 Å². The zero-order valence-electron chi connectivity index (χ0n) is 10.0. The van der Waals surface area contributed by atoms with E-state index in [0.29, 0.717) is 0 Å². The van der Waals surface area contributed by atoms with Crippen LogP contribution < -0.4 is 0 Å². The third-order valence-electron chi connectivity index (χ3n) is 3.91. The molecule has 0 atom stereocenters. The predicted molar refractivity (Wildman–Crippen MR) is 81.0 cm³/mol. The zero-order valence-corrected chi connectivity index (χ0v) is 11.6. The number of aryl methyl sites for hydroxylation is 2. The van der Waals surface area contributed by atoms with Gasteiger partial charge in [0.05, 0.1) is 0 Å². The van der Waals surface area contributed by atoms with Gasteiger partial charge in [-0.2, -0.15) is 0 Å². The molecule has 0 saturated heterocycles. The Labute approximate surface area is 115 Å². The first-order valence-corrected chi connectivity index (χ1v) is 7.65. The van der Waals surface area contributed by atoms with Crippen molar-refractivity contribution in [2.45, 2.75) is 25.7 Å². The van der Waals surface area contributed by atoms with Gasteiger partial charge in [-0.1, -0.05) is 35.9 Å². The van der Waals surface area contributed by atoms with Gasteiger partial charge in [0.15, 0.2) is 0 Å². The molecule has 0 saturated carbocycles. The first kappa shape index (κ1) is 10.8. The minimum Gasteiger partial charge on any atom is -0.139 e. The van der Waals surface area contributed by atoms with E-state index in [-0.39, 0.29) is 0 Å². The molecule has 0 unspecified atom stereocenters. The molecule has 3 aromatic rings. The van der Waals surface area contributed by atoms with Crippen molar-refractivity contribution in [3.63, 3.8) is 0 Å². The molecule has 0 fully saturated rings. The molecule has 2 aromatic carbocycles. The largest absolute Gasteiger partial charge is 0.139 e. The molecule has 0 aliphatic heterocycles. The Morgan fingerprint density at radius 3 is 2.83 bits per heavy atom. The van der Waals surface area contributed by atoms with E-state index in [0.717, 1.165) is 5.02 Å². The summed E-state index contributed by atoms with van der Waals surface area (Å²) in [6, 6.07) is 10.7. The molecule has 0 spiro atoms. The smallest absolute Gasteiger partial charge is 0.0498 e. The highest BCUT2D eigenvalue weighted by molar-refractivity contribution is 7.20. The van der Waals surface area contributed by atoms with Gasteiger partial charge >= 0.3 is 0 Å². The molecule has 1 aliphatic rings. The number of benzene rings is 2. The number of halogens is 1. The number of hydrogen-bond acceptors (Lipinski definition) is 1. The van der Waals surface area contributed by atoms with Crippen LogP contribution in [-0.4, -0.2) is 0 Å². The van der Waals surface area contributed by atoms with Crippen LogP contribution in [-0.2, 0) is 12.8 Å². The van der Waals surface area contributed by atoms with E-state index in [9.17, 15) is 0 Å². The summed E-state index contributed by atoms with van der Waals surface area (Å²) < 4.78 is 1.39. The lowest BCUT2D eigenvalue weighted by molar-refractivity contribution is 0.700. The first-order chi connectivity index (χ1) is 8.84. The molecular formula is C16H13ClS. The van der Waals surface area contributed by atoms with Crippen molar-refractivity contribution in [2.75, 3.05) is 0 Å². The van der Waals surface area contributed by atoms with Crippen LogP contribution in [0.3, 0.4) is 0 Å². The van der Waals surface area contributed by atoms with Crippen LogP contribution in [0, 0.1) is 0 Å². The lowest BCUT2D eigenvalue weighted by Crippen LogP contribution is -1.97. The van der Waals surface area contributed by atoms with Crippen LogP contribution in [0.2, 0.25) is 5.02 Å². The Hall–Kier alpha value is -1.05. The topological polar surface area (TPSA) is 0 Å². The van der Waals surface area contributed by atoms with Gasteiger partial charge in [0, 0.05) is 20.0 Å². The molecule has 90 valence electrons. The van der Waals surface area contributed by atoms with Crippen LogP contribution in [0.4, 0.5) is 0 Å². The molecule has 0 amide bonds. The van der Waals surface area contributed by atoms with Crippen molar-refractivity contribution in [3.05, 3.63) is 45.8 Å². The summed E-state index contributed by atoms with van der Waals surface area (Å²) in [6.07, 6.45) is 5.16. The van der Waals surface area contributed by atoms with E-state index in [1.54, 1.807) is 10.4 Å². The Balaban J connectivity index is 2.19. The van der Waals surface area contributed by atoms with E-state index in [4.69, 9.17) is 11.6 Å². The Bertz CT molecular complexity index is 754. The maximum atomic E-state index is 6.41. The van der Waals surface area contributed by atoms with Crippen LogP contribution in [0.1, 0.15) is 23.3 Å². The fourth-order valence-electron chi connectivity index (χ4n) is 3.04. The second-order valence-electron chi connectivity index (χ2n) is 4.99. The van der Waals surface area contributed by atoms with Crippen molar-refractivity contribution >= 4 is 43.8 Å². The molecule has 0 N–H and O–H groups in total. The standard InChI is InChI=1S/C16H13ClS/c17-13-6-3-4-10-8-9-12-11-5-1-2-7-14(11)18-16(12)15(10)13/h3-4,6,8-9H,1-2,5,7H2. The van der Waals surface area contributed by atoms with Gasteiger partial charge < -0.3 is 0 Å². The maximum absolute atomic E-state index is 6.41. The minimum absolute atomic E-state index is 0.886. The van der Waals surface area contributed by atoms with Gasteiger partial charge in [-0.25, -0.2) is 0 Å². The quantitative estimate of drug-likeness (QED) is 0.501. The van der Waals surface area contributed by atoms with Crippen molar-refractivity contribution in [3.8, 4) is 0 Å². The molecular weight excluding hydrogens is 260 g/mol. The lowest BCUT2D eigenvalue weighted by Gasteiger charge is -2.10. The molecule has 0 bridgehead atoms. The van der Waals surface area contributed by atoms with Gasteiger partial charge in [-0.05, 0) is 48.1 Å². The first-order valence-electron chi connectivity index (χ1n) is 6.46. The minimum atomic E-state index is 0.886. The predicted octanol–water partition coefficient (Wildman–Crippen LogP) is 5.59. The average Bonchev–Trinajstić information content (AvgIpc) is 2.77. The summed E-state index contributed by atoms with van der Waals surface area (Å²) in [4.78, 5) is 1.59. The van der Waals surface area contributed by atoms with Crippen molar-refractivity contribution in [1.29, 1.82) is 0 Å². The SMILES string of the molecule is Clc1cccc2ccc3c4c(sc3c12)CCCC4. The summed E-state index contributed by atoms with van der Waals surface area (Å²) in [7, 11) is 0. The summed E-state index contributed by atoms with van der Waals surface area (Å²) in [5.41, 5.74) is 1.59. The molecule has 2 heteroatoms. The van der Waals surface area contributed by atoms with Crippen LogP contribution in [0.5, 0.6) is 0 Å². The molecule has 0 nitrogen and oxygen atoms in total. The zero-order chi connectivity index (χ0) is 12.1. The summed E-state index contributed by atoms with van der Waals surface area (Å²) in [5, 5.41) is 4.83. The van der Waals surface area contributed by atoms with Gasteiger partial charge in [0.2, 0.25) is 0 Å². The molecule has 18 heavy (non-hydrogen) atoms. The molecule has 0 radical (unpaired) electrons. The van der Waals surface area contributed by atoms with Gasteiger partial charge in [0.25, 0.3) is 0 Å². The Morgan fingerprint density at radius 2 is 1.89 bits per heavy atom. The fraction of sp³-hybridized carbons (Fsp3) is 0.250. The third kappa shape index (κ3) is 1.44.